The Hall–Kier alpha value is -1.51. The maximum atomic E-state index is 11.0. The van der Waals surface area contributed by atoms with Crippen LogP contribution in [-0.4, -0.2) is 23.7 Å². The molecule has 1 N–H and O–H groups in total. The largest absolute Gasteiger partial charge is 0.478 e. The van der Waals surface area contributed by atoms with Gasteiger partial charge in [-0.3, -0.25) is 0 Å². The van der Waals surface area contributed by atoms with Gasteiger partial charge >= 0.3 is 5.97 Å². The molecular formula is C16H25NO2. The van der Waals surface area contributed by atoms with Gasteiger partial charge in [-0.2, -0.15) is 0 Å². The van der Waals surface area contributed by atoms with E-state index in [0.29, 0.717) is 11.6 Å². The van der Waals surface area contributed by atoms with Gasteiger partial charge in [0.05, 0.1) is 5.56 Å². The van der Waals surface area contributed by atoms with Crippen molar-refractivity contribution < 1.29 is 9.90 Å². The van der Waals surface area contributed by atoms with Gasteiger partial charge in [0.1, 0.15) is 0 Å². The number of benzene rings is 1. The highest BCUT2D eigenvalue weighted by Gasteiger charge is 2.15. The molecule has 1 rings (SSSR count). The molecule has 0 aliphatic carbocycles. The van der Waals surface area contributed by atoms with Crippen molar-refractivity contribution in [1.29, 1.82) is 0 Å². The molecule has 1 aromatic rings. The van der Waals surface area contributed by atoms with Crippen LogP contribution in [0.5, 0.6) is 0 Å². The molecule has 1 aromatic carbocycles. The fourth-order valence-corrected chi connectivity index (χ4v) is 2.24. The number of anilines is 1. The van der Waals surface area contributed by atoms with Crippen molar-refractivity contribution in [3.8, 4) is 0 Å². The molecular weight excluding hydrogens is 238 g/mol. The molecule has 19 heavy (non-hydrogen) atoms. The molecule has 0 aromatic heterocycles. The average Bonchev–Trinajstić information content (AvgIpc) is 2.39. The van der Waals surface area contributed by atoms with Crippen LogP contribution in [0.4, 0.5) is 5.69 Å². The zero-order valence-corrected chi connectivity index (χ0v) is 12.4. The lowest BCUT2D eigenvalue weighted by Crippen LogP contribution is -2.34. The van der Waals surface area contributed by atoms with Crippen LogP contribution in [0, 0.1) is 6.92 Å². The van der Waals surface area contributed by atoms with Crippen LogP contribution in [0.25, 0.3) is 0 Å². The number of aryl methyl sites for hydroxylation is 1. The van der Waals surface area contributed by atoms with Crippen LogP contribution in [-0.2, 0) is 0 Å². The summed E-state index contributed by atoms with van der Waals surface area (Å²) in [4.78, 5) is 13.4. The standard InChI is InChI=1S/C16H25NO2/c1-5-7-10-17(13(4)6-2)15-9-8-14(16(18)19)11-12(15)3/h8-9,11,13H,5-7,10H2,1-4H3,(H,18,19). The lowest BCUT2D eigenvalue weighted by molar-refractivity contribution is 0.0697. The van der Waals surface area contributed by atoms with E-state index < -0.39 is 5.97 Å². The molecule has 0 bridgehead atoms. The van der Waals surface area contributed by atoms with Crippen LogP contribution in [0.3, 0.4) is 0 Å². The molecule has 0 radical (unpaired) electrons. The van der Waals surface area contributed by atoms with Gasteiger partial charge in [0, 0.05) is 18.3 Å². The van der Waals surface area contributed by atoms with Gasteiger partial charge in [0.15, 0.2) is 0 Å². The molecule has 0 aliphatic rings. The third-order valence-corrected chi connectivity index (χ3v) is 3.63. The minimum absolute atomic E-state index is 0.362. The SMILES string of the molecule is CCCCN(c1ccc(C(=O)O)cc1C)C(C)CC. The number of hydrogen-bond acceptors (Lipinski definition) is 2. The summed E-state index contributed by atoms with van der Waals surface area (Å²) in [6.07, 6.45) is 3.41. The van der Waals surface area contributed by atoms with E-state index in [0.717, 1.165) is 30.6 Å². The Bertz CT molecular complexity index is 429. The predicted molar refractivity (Wildman–Crippen MR) is 80.1 cm³/mol. The predicted octanol–water partition coefficient (Wildman–Crippen LogP) is 4.10. The Kier molecular flexibility index (Phi) is 5.87. The molecule has 3 nitrogen and oxygen atoms in total. The highest BCUT2D eigenvalue weighted by Crippen LogP contribution is 2.25. The first-order valence-electron chi connectivity index (χ1n) is 7.11. The van der Waals surface area contributed by atoms with Crippen molar-refractivity contribution in [3.63, 3.8) is 0 Å². The summed E-state index contributed by atoms with van der Waals surface area (Å²) in [5.74, 6) is -0.863. The van der Waals surface area contributed by atoms with Crippen molar-refractivity contribution in [3.05, 3.63) is 29.3 Å². The van der Waals surface area contributed by atoms with Gasteiger partial charge in [-0.05, 0) is 50.5 Å². The Morgan fingerprint density at radius 2 is 2.05 bits per heavy atom. The maximum absolute atomic E-state index is 11.0. The first-order valence-corrected chi connectivity index (χ1v) is 7.11. The summed E-state index contributed by atoms with van der Waals surface area (Å²) in [6, 6.07) is 5.88. The third kappa shape index (κ3) is 3.98. The molecule has 0 aliphatic heterocycles. The highest BCUT2D eigenvalue weighted by molar-refractivity contribution is 5.88. The maximum Gasteiger partial charge on any atom is 0.335 e. The molecule has 106 valence electrons. The van der Waals surface area contributed by atoms with Gasteiger partial charge in [-0.25, -0.2) is 4.79 Å². The van der Waals surface area contributed by atoms with Gasteiger partial charge in [-0.15, -0.1) is 0 Å². The van der Waals surface area contributed by atoms with Crippen molar-refractivity contribution in [1.82, 2.24) is 0 Å². The van der Waals surface area contributed by atoms with Crippen LogP contribution in [0.15, 0.2) is 18.2 Å². The van der Waals surface area contributed by atoms with Crippen LogP contribution < -0.4 is 4.90 Å². The molecule has 0 spiro atoms. The second kappa shape index (κ2) is 7.17. The van der Waals surface area contributed by atoms with Gasteiger partial charge in [0.2, 0.25) is 0 Å². The number of carboxylic acids is 1. The van der Waals surface area contributed by atoms with Crippen LogP contribution in [0.2, 0.25) is 0 Å². The summed E-state index contributed by atoms with van der Waals surface area (Å²) >= 11 is 0. The molecule has 1 unspecified atom stereocenters. The molecule has 1 atom stereocenters. The van der Waals surface area contributed by atoms with Crippen molar-refractivity contribution >= 4 is 11.7 Å². The van der Waals surface area contributed by atoms with Crippen molar-refractivity contribution in [2.45, 2.75) is 53.0 Å². The van der Waals surface area contributed by atoms with Crippen molar-refractivity contribution in [2.24, 2.45) is 0 Å². The van der Waals surface area contributed by atoms with E-state index in [1.165, 1.54) is 6.42 Å². The normalized spacial score (nSPS) is 12.2. The monoisotopic (exact) mass is 263 g/mol. The number of carboxylic acid groups (broad SMARTS) is 1. The second-order valence-corrected chi connectivity index (χ2v) is 5.11. The van der Waals surface area contributed by atoms with E-state index in [2.05, 4.69) is 25.7 Å². The third-order valence-electron chi connectivity index (χ3n) is 3.63. The second-order valence-electron chi connectivity index (χ2n) is 5.11. The van der Waals surface area contributed by atoms with E-state index in [4.69, 9.17) is 5.11 Å². The van der Waals surface area contributed by atoms with E-state index in [-0.39, 0.29) is 0 Å². The summed E-state index contributed by atoms with van der Waals surface area (Å²) < 4.78 is 0. The quantitative estimate of drug-likeness (QED) is 0.805. The first kappa shape index (κ1) is 15.5. The number of hydrogen-bond donors (Lipinski definition) is 1. The van der Waals surface area contributed by atoms with E-state index >= 15 is 0 Å². The first-order chi connectivity index (χ1) is 9.01. The lowest BCUT2D eigenvalue weighted by atomic mass is 10.1. The molecule has 0 amide bonds. The number of nitrogens with zero attached hydrogens (tertiary/aromatic N) is 1. The molecule has 0 heterocycles. The van der Waals surface area contributed by atoms with E-state index in [1.54, 1.807) is 12.1 Å². The molecule has 0 saturated carbocycles. The Morgan fingerprint density at radius 3 is 2.53 bits per heavy atom. The fourth-order valence-electron chi connectivity index (χ4n) is 2.24. The zero-order chi connectivity index (χ0) is 14.4. The van der Waals surface area contributed by atoms with Gasteiger partial charge < -0.3 is 10.0 Å². The Balaban J connectivity index is 3.04. The summed E-state index contributed by atoms with van der Waals surface area (Å²) in [5, 5.41) is 9.02. The number of rotatable bonds is 7. The van der Waals surface area contributed by atoms with Crippen LogP contribution in [0.1, 0.15) is 56.0 Å². The number of unbranched alkanes of at least 4 members (excludes halogenated alkanes) is 1. The topological polar surface area (TPSA) is 40.5 Å². The zero-order valence-electron chi connectivity index (χ0n) is 12.4. The lowest BCUT2D eigenvalue weighted by Gasteiger charge is -2.32. The number of carbonyl (C=O) groups is 1. The molecule has 3 heteroatoms. The Labute approximate surface area is 116 Å². The molecule has 0 fully saturated rings. The Morgan fingerprint density at radius 1 is 1.37 bits per heavy atom. The average molecular weight is 263 g/mol. The van der Waals surface area contributed by atoms with Gasteiger partial charge in [0.25, 0.3) is 0 Å². The fraction of sp³-hybridized carbons (Fsp3) is 0.562. The van der Waals surface area contributed by atoms with E-state index in [1.807, 2.05) is 13.0 Å². The number of aromatic carboxylic acids is 1. The minimum Gasteiger partial charge on any atom is -0.478 e. The smallest absolute Gasteiger partial charge is 0.335 e. The summed E-state index contributed by atoms with van der Waals surface area (Å²) in [7, 11) is 0. The summed E-state index contributed by atoms with van der Waals surface area (Å²) in [6.45, 7) is 9.61. The molecule has 0 saturated heterocycles. The van der Waals surface area contributed by atoms with Gasteiger partial charge in [-0.1, -0.05) is 20.3 Å². The van der Waals surface area contributed by atoms with Crippen molar-refractivity contribution in [2.75, 3.05) is 11.4 Å². The van der Waals surface area contributed by atoms with Crippen LogP contribution >= 0.6 is 0 Å². The summed E-state index contributed by atoms with van der Waals surface area (Å²) in [5.41, 5.74) is 2.56. The minimum atomic E-state index is -0.863. The van der Waals surface area contributed by atoms with E-state index in [9.17, 15) is 4.79 Å². The highest BCUT2D eigenvalue weighted by atomic mass is 16.4.